The van der Waals surface area contributed by atoms with Crippen LogP contribution < -0.4 is 5.73 Å². The molecule has 1 saturated heterocycles. The van der Waals surface area contributed by atoms with Crippen molar-refractivity contribution in [1.82, 2.24) is 9.80 Å². The monoisotopic (exact) mass is 269 g/mol. The van der Waals surface area contributed by atoms with Crippen LogP contribution in [-0.4, -0.2) is 54.0 Å². The Morgan fingerprint density at radius 2 is 1.89 bits per heavy atom. The Morgan fingerprint density at radius 1 is 1.32 bits per heavy atom. The van der Waals surface area contributed by atoms with Crippen molar-refractivity contribution in [3.05, 3.63) is 0 Å². The van der Waals surface area contributed by atoms with Crippen LogP contribution in [0.2, 0.25) is 0 Å². The van der Waals surface area contributed by atoms with E-state index in [-0.39, 0.29) is 5.91 Å². The smallest absolute Gasteiger partial charge is 0.242 e. The number of piperidine rings is 1. The van der Waals surface area contributed by atoms with Gasteiger partial charge >= 0.3 is 0 Å². The molecule has 4 nitrogen and oxygen atoms in total. The normalized spacial score (nSPS) is 21.1. The first-order valence-electron chi connectivity index (χ1n) is 7.70. The van der Waals surface area contributed by atoms with E-state index in [4.69, 9.17) is 5.73 Å². The Morgan fingerprint density at radius 3 is 2.37 bits per heavy atom. The molecule has 1 fully saturated rings. The lowest BCUT2D eigenvalue weighted by Crippen LogP contribution is -2.56. The summed E-state index contributed by atoms with van der Waals surface area (Å²) in [5, 5.41) is 0. The van der Waals surface area contributed by atoms with Crippen molar-refractivity contribution in [2.24, 2.45) is 5.73 Å². The summed E-state index contributed by atoms with van der Waals surface area (Å²) in [4.78, 5) is 16.8. The van der Waals surface area contributed by atoms with Gasteiger partial charge in [0.05, 0.1) is 5.54 Å². The van der Waals surface area contributed by atoms with Gasteiger partial charge in [0.25, 0.3) is 0 Å². The van der Waals surface area contributed by atoms with Gasteiger partial charge in [0.15, 0.2) is 0 Å². The number of likely N-dealkylation sites (tertiary alicyclic amines) is 1. The third kappa shape index (κ3) is 4.46. The summed E-state index contributed by atoms with van der Waals surface area (Å²) in [7, 11) is 1.92. The highest BCUT2D eigenvalue weighted by molar-refractivity contribution is 5.85. The molecule has 2 N–H and O–H groups in total. The van der Waals surface area contributed by atoms with E-state index in [2.05, 4.69) is 18.7 Å². The van der Waals surface area contributed by atoms with Crippen LogP contribution in [0.1, 0.15) is 52.9 Å². The fourth-order valence-corrected chi connectivity index (χ4v) is 3.04. The number of carbonyl (C=O) groups is 1. The van der Waals surface area contributed by atoms with Gasteiger partial charge in [0.1, 0.15) is 0 Å². The van der Waals surface area contributed by atoms with Gasteiger partial charge in [0.2, 0.25) is 5.91 Å². The van der Waals surface area contributed by atoms with Gasteiger partial charge < -0.3 is 15.5 Å². The molecule has 19 heavy (non-hydrogen) atoms. The molecular formula is C15H31N3O. The Labute approximate surface area is 118 Å². The number of hydrogen-bond donors (Lipinski definition) is 1. The molecule has 0 aromatic carbocycles. The van der Waals surface area contributed by atoms with Crippen molar-refractivity contribution >= 4 is 5.91 Å². The molecule has 0 radical (unpaired) electrons. The average molecular weight is 269 g/mol. The van der Waals surface area contributed by atoms with Crippen molar-refractivity contribution in [3.8, 4) is 0 Å². The van der Waals surface area contributed by atoms with Crippen molar-refractivity contribution in [1.29, 1.82) is 0 Å². The van der Waals surface area contributed by atoms with Crippen molar-refractivity contribution < 1.29 is 4.79 Å². The van der Waals surface area contributed by atoms with Crippen LogP contribution in [0, 0.1) is 0 Å². The SMILES string of the molecule is CCCN1CCC(N(C)C(=O)C(C)(N)CCC)CC1. The average Bonchev–Trinajstić information content (AvgIpc) is 2.38. The van der Waals surface area contributed by atoms with Crippen molar-refractivity contribution in [2.75, 3.05) is 26.7 Å². The minimum Gasteiger partial charge on any atom is -0.341 e. The third-order valence-corrected chi connectivity index (χ3v) is 4.22. The second-order valence-electron chi connectivity index (χ2n) is 6.16. The van der Waals surface area contributed by atoms with Crippen LogP contribution in [0.5, 0.6) is 0 Å². The number of nitrogens with two attached hydrogens (primary N) is 1. The summed E-state index contributed by atoms with van der Waals surface area (Å²) in [5.41, 5.74) is 5.45. The molecule has 112 valence electrons. The zero-order valence-electron chi connectivity index (χ0n) is 13.1. The number of hydrogen-bond acceptors (Lipinski definition) is 3. The molecule has 1 atom stereocenters. The molecule has 4 heteroatoms. The zero-order chi connectivity index (χ0) is 14.5. The summed E-state index contributed by atoms with van der Waals surface area (Å²) in [5.74, 6) is 0.100. The minimum atomic E-state index is -0.704. The van der Waals surface area contributed by atoms with Gasteiger partial charge in [-0.2, -0.15) is 0 Å². The highest BCUT2D eigenvalue weighted by Crippen LogP contribution is 2.20. The summed E-state index contributed by atoms with van der Waals surface area (Å²) < 4.78 is 0. The van der Waals surface area contributed by atoms with Gasteiger partial charge in [0, 0.05) is 26.2 Å². The quantitative estimate of drug-likeness (QED) is 0.800. The lowest BCUT2D eigenvalue weighted by molar-refractivity contribution is -0.138. The number of carbonyl (C=O) groups excluding carboxylic acids is 1. The second kappa shape index (κ2) is 7.25. The molecule has 0 aliphatic carbocycles. The van der Waals surface area contributed by atoms with Gasteiger partial charge in [-0.1, -0.05) is 20.3 Å². The third-order valence-electron chi connectivity index (χ3n) is 4.22. The van der Waals surface area contributed by atoms with E-state index in [1.54, 1.807) is 0 Å². The van der Waals surface area contributed by atoms with Gasteiger partial charge in [-0.05, 0) is 39.2 Å². The predicted molar refractivity (Wildman–Crippen MR) is 80.0 cm³/mol. The van der Waals surface area contributed by atoms with Crippen LogP contribution in [0.15, 0.2) is 0 Å². The Bertz CT molecular complexity index is 283. The first kappa shape index (κ1) is 16.4. The molecule has 0 spiro atoms. The summed E-state index contributed by atoms with van der Waals surface area (Å²) in [6.07, 6.45) is 5.05. The van der Waals surface area contributed by atoms with Gasteiger partial charge in [-0.25, -0.2) is 0 Å². The lowest BCUT2D eigenvalue weighted by atomic mass is 9.93. The summed E-state index contributed by atoms with van der Waals surface area (Å²) in [6, 6.07) is 0.361. The molecule has 0 aromatic heterocycles. The van der Waals surface area contributed by atoms with Crippen LogP contribution in [0.25, 0.3) is 0 Å². The first-order valence-corrected chi connectivity index (χ1v) is 7.70. The molecule has 0 aromatic rings. The number of likely N-dealkylation sites (N-methyl/N-ethyl adjacent to an activating group) is 1. The largest absolute Gasteiger partial charge is 0.341 e. The predicted octanol–water partition coefficient (Wildman–Crippen LogP) is 1.84. The second-order valence-corrected chi connectivity index (χ2v) is 6.16. The van der Waals surface area contributed by atoms with Gasteiger partial charge in [-0.15, -0.1) is 0 Å². The maximum atomic E-state index is 12.4. The number of rotatable bonds is 6. The highest BCUT2D eigenvalue weighted by Gasteiger charge is 2.34. The van der Waals surface area contributed by atoms with E-state index in [1.165, 1.54) is 13.0 Å². The maximum absolute atomic E-state index is 12.4. The van der Waals surface area contributed by atoms with Crippen LogP contribution in [0.3, 0.4) is 0 Å². The molecule has 0 bridgehead atoms. The fraction of sp³-hybridized carbons (Fsp3) is 0.933. The van der Waals surface area contributed by atoms with E-state index in [0.29, 0.717) is 6.04 Å². The topological polar surface area (TPSA) is 49.6 Å². The summed E-state index contributed by atoms with van der Waals surface area (Å²) in [6.45, 7) is 9.53. The van der Waals surface area contributed by atoms with E-state index >= 15 is 0 Å². The lowest BCUT2D eigenvalue weighted by Gasteiger charge is -2.39. The Kier molecular flexibility index (Phi) is 6.27. The van der Waals surface area contributed by atoms with Crippen LogP contribution in [-0.2, 0) is 4.79 Å². The van der Waals surface area contributed by atoms with E-state index in [1.807, 2.05) is 18.9 Å². The number of amides is 1. The minimum absolute atomic E-state index is 0.100. The van der Waals surface area contributed by atoms with E-state index < -0.39 is 5.54 Å². The van der Waals surface area contributed by atoms with Gasteiger partial charge in [-0.3, -0.25) is 4.79 Å². The molecule has 1 aliphatic rings. The van der Waals surface area contributed by atoms with Crippen molar-refractivity contribution in [3.63, 3.8) is 0 Å². The van der Waals surface area contributed by atoms with E-state index in [0.717, 1.165) is 38.8 Å². The molecule has 1 heterocycles. The molecule has 1 amide bonds. The standard InChI is InChI=1S/C15H31N3O/c1-5-9-15(3,16)14(19)17(4)13-7-11-18(10-6-2)12-8-13/h13H,5-12,16H2,1-4H3. The van der Waals surface area contributed by atoms with Crippen molar-refractivity contribution in [2.45, 2.75) is 64.5 Å². The molecule has 1 aliphatic heterocycles. The number of nitrogens with zero attached hydrogens (tertiary/aromatic N) is 2. The van der Waals surface area contributed by atoms with Crippen LogP contribution in [0.4, 0.5) is 0 Å². The Hall–Kier alpha value is -0.610. The van der Waals surface area contributed by atoms with E-state index in [9.17, 15) is 4.79 Å². The summed E-state index contributed by atoms with van der Waals surface area (Å²) >= 11 is 0. The molecule has 1 rings (SSSR count). The zero-order valence-corrected chi connectivity index (χ0v) is 13.1. The van der Waals surface area contributed by atoms with Crippen LogP contribution >= 0.6 is 0 Å². The maximum Gasteiger partial charge on any atom is 0.242 e. The highest BCUT2D eigenvalue weighted by atomic mass is 16.2. The Balaban J connectivity index is 2.50. The first-order chi connectivity index (χ1) is 8.92. The molecule has 1 unspecified atom stereocenters. The molecule has 0 saturated carbocycles. The fourth-order valence-electron chi connectivity index (χ4n) is 3.04. The molecular weight excluding hydrogens is 238 g/mol.